The fourth-order valence-corrected chi connectivity index (χ4v) is 1.68. The van der Waals surface area contributed by atoms with E-state index in [1.54, 1.807) is 24.7 Å². The molecule has 2 aromatic rings. The lowest BCUT2D eigenvalue weighted by molar-refractivity contribution is -0.0498. The third-order valence-corrected chi connectivity index (χ3v) is 2.46. The molecule has 0 saturated heterocycles. The molecule has 0 amide bonds. The number of aromatic nitrogens is 2. The van der Waals surface area contributed by atoms with Gasteiger partial charge in [0.25, 0.3) is 0 Å². The SMILES string of the molecule is NCCc1cncn1-c1ccc(OC(F)F)cc1. The van der Waals surface area contributed by atoms with Crippen molar-refractivity contribution < 1.29 is 13.5 Å². The number of halogens is 2. The van der Waals surface area contributed by atoms with Gasteiger partial charge in [-0.25, -0.2) is 4.98 Å². The normalized spacial score (nSPS) is 10.9. The fraction of sp³-hybridized carbons (Fsp3) is 0.250. The first kappa shape index (κ1) is 12.5. The predicted octanol–water partition coefficient (Wildman–Crippen LogP) is 1.97. The van der Waals surface area contributed by atoms with E-state index in [2.05, 4.69) is 9.72 Å². The molecule has 0 unspecified atom stereocenters. The van der Waals surface area contributed by atoms with Crippen molar-refractivity contribution in [3.8, 4) is 11.4 Å². The molecule has 1 aromatic heterocycles. The van der Waals surface area contributed by atoms with Crippen LogP contribution in [0.3, 0.4) is 0 Å². The Labute approximate surface area is 103 Å². The predicted molar refractivity (Wildman–Crippen MR) is 63.0 cm³/mol. The van der Waals surface area contributed by atoms with Crippen molar-refractivity contribution in [2.45, 2.75) is 13.0 Å². The molecule has 96 valence electrons. The average Bonchev–Trinajstić information content (AvgIpc) is 2.78. The Hall–Kier alpha value is -1.95. The second kappa shape index (κ2) is 5.59. The summed E-state index contributed by atoms with van der Waals surface area (Å²) in [6.45, 7) is -2.28. The van der Waals surface area contributed by atoms with Crippen LogP contribution in [0.1, 0.15) is 5.69 Å². The van der Waals surface area contributed by atoms with E-state index < -0.39 is 6.61 Å². The zero-order chi connectivity index (χ0) is 13.0. The molecule has 1 aromatic carbocycles. The highest BCUT2D eigenvalue weighted by Crippen LogP contribution is 2.18. The standard InChI is InChI=1S/C12H13F2N3O/c13-12(14)18-11-3-1-9(2-4-11)17-8-16-7-10(17)5-6-15/h1-4,7-8,12H,5-6,15H2. The van der Waals surface area contributed by atoms with Crippen LogP contribution in [0.15, 0.2) is 36.8 Å². The summed E-state index contributed by atoms with van der Waals surface area (Å²) in [5.41, 5.74) is 7.30. The number of rotatable bonds is 5. The Bertz CT molecular complexity index is 496. The van der Waals surface area contributed by atoms with Gasteiger partial charge in [0.15, 0.2) is 0 Å². The van der Waals surface area contributed by atoms with Crippen molar-refractivity contribution in [1.29, 1.82) is 0 Å². The maximum atomic E-state index is 12.0. The van der Waals surface area contributed by atoms with Gasteiger partial charge in [0.1, 0.15) is 5.75 Å². The molecule has 0 saturated carbocycles. The number of hydrogen-bond donors (Lipinski definition) is 1. The van der Waals surface area contributed by atoms with Crippen LogP contribution < -0.4 is 10.5 Å². The van der Waals surface area contributed by atoms with Crippen LogP contribution in [0.4, 0.5) is 8.78 Å². The van der Waals surface area contributed by atoms with Gasteiger partial charge in [0.05, 0.1) is 6.33 Å². The van der Waals surface area contributed by atoms with E-state index in [9.17, 15) is 8.78 Å². The zero-order valence-electron chi connectivity index (χ0n) is 9.59. The third-order valence-electron chi connectivity index (χ3n) is 2.46. The molecule has 18 heavy (non-hydrogen) atoms. The van der Waals surface area contributed by atoms with E-state index in [0.29, 0.717) is 13.0 Å². The molecule has 4 nitrogen and oxygen atoms in total. The van der Waals surface area contributed by atoms with Gasteiger partial charge in [0.2, 0.25) is 0 Å². The lowest BCUT2D eigenvalue weighted by Crippen LogP contribution is -2.07. The molecule has 1 heterocycles. The van der Waals surface area contributed by atoms with Gasteiger partial charge in [0, 0.05) is 24.0 Å². The molecule has 0 fully saturated rings. The molecule has 2 rings (SSSR count). The number of ether oxygens (including phenoxy) is 1. The minimum absolute atomic E-state index is 0.134. The summed E-state index contributed by atoms with van der Waals surface area (Å²) in [6.07, 6.45) is 4.10. The summed E-state index contributed by atoms with van der Waals surface area (Å²) >= 11 is 0. The Morgan fingerprint density at radius 2 is 2.00 bits per heavy atom. The molecule has 0 aliphatic rings. The quantitative estimate of drug-likeness (QED) is 0.886. The highest BCUT2D eigenvalue weighted by molar-refractivity contribution is 5.38. The molecule has 0 bridgehead atoms. The molecule has 6 heteroatoms. The molecule has 0 atom stereocenters. The van der Waals surface area contributed by atoms with E-state index >= 15 is 0 Å². The number of hydrogen-bond acceptors (Lipinski definition) is 3. The van der Waals surface area contributed by atoms with Crippen molar-refractivity contribution >= 4 is 0 Å². The summed E-state index contributed by atoms with van der Waals surface area (Å²) in [5, 5.41) is 0. The van der Waals surface area contributed by atoms with Crippen LogP contribution in [-0.2, 0) is 6.42 Å². The molecule has 0 aliphatic carbocycles. The highest BCUT2D eigenvalue weighted by Gasteiger charge is 2.06. The number of nitrogens with two attached hydrogens (primary N) is 1. The molecular formula is C12H13F2N3O. The Morgan fingerprint density at radius 1 is 1.28 bits per heavy atom. The summed E-state index contributed by atoms with van der Waals surface area (Å²) in [6, 6.07) is 6.38. The van der Waals surface area contributed by atoms with Gasteiger partial charge in [-0.1, -0.05) is 0 Å². The maximum absolute atomic E-state index is 12.0. The van der Waals surface area contributed by atoms with E-state index in [-0.39, 0.29) is 5.75 Å². The van der Waals surface area contributed by atoms with Crippen molar-refractivity contribution in [1.82, 2.24) is 9.55 Å². The van der Waals surface area contributed by atoms with Gasteiger partial charge in [-0.3, -0.25) is 0 Å². The average molecular weight is 253 g/mol. The summed E-state index contributed by atoms with van der Waals surface area (Å²) < 4.78 is 30.2. The number of alkyl halides is 2. The maximum Gasteiger partial charge on any atom is 0.387 e. The first-order chi connectivity index (χ1) is 8.70. The van der Waals surface area contributed by atoms with Crippen molar-refractivity contribution in [3.05, 3.63) is 42.5 Å². The molecular weight excluding hydrogens is 240 g/mol. The zero-order valence-corrected chi connectivity index (χ0v) is 9.59. The molecule has 0 spiro atoms. The fourth-order valence-electron chi connectivity index (χ4n) is 1.68. The topological polar surface area (TPSA) is 53.1 Å². The van der Waals surface area contributed by atoms with Crippen LogP contribution in [0, 0.1) is 0 Å². The molecule has 0 aliphatic heterocycles. The van der Waals surface area contributed by atoms with E-state index in [0.717, 1.165) is 11.4 Å². The third kappa shape index (κ3) is 2.84. The smallest absolute Gasteiger partial charge is 0.387 e. The van der Waals surface area contributed by atoms with Gasteiger partial charge >= 0.3 is 6.61 Å². The minimum Gasteiger partial charge on any atom is -0.435 e. The minimum atomic E-state index is -2.81. The molecule has 2 N–H and O–H groups in total. The van der Waals surface area contributed by atoms with E-state index in [1.807, 2.05) is 4.57 Å². The Morgan fingerprint density at radius 3 is 2.61 bits per heavy atom. The first-order valence-corrected chi connectivity index (χ1v) is 5.47. The Balaban J connectivity index is 2.20. The van der Waals surface area contributed by atoms with Crippen LogP contribution in [0.25, 0.3) is 5.69 Å². The van der Waals surface area contributed by atoms with E-state index in [1.165, 1.54) is 12.1 Å². The highest BCUT2D eigenvalue weighted by atomic mass is 19.3. The first-order valence-electron chi connectivity index (χ1n) is 5.47. The van der Waals surface area contributed by atoms with Crippen LogP contribution in [0.2, 0.25) is 0 Å². The largest absolute Gasteiger partial charge is 0.435 e. The second-order valence-electron chi connectivity index (χ2n) is 3.67. The summed E-state index contributed by atoms with van der Waals surface area (Å²) in [4.78, 5) is 4.04. The number of nitrogens with zero attached hydrogens (tertiary/aromatic N) is 2. The van der Waals surface area contributed by atoms with Crippen LogP contribution >= 0.6 is 0 Å². The Kier molecular flexibility index (Phi) is 3.88. The lowest BCUT2D eigenvalue weighted by atomic mass is 10.2. The van der Waals surface area contributed by atoms with E-state index in [4.69, 9.17) is 5.73 Å². The van der Waals surface area contributed by atoms with Gasteiger partial charge in [-0.15, -0.1) is 0 Å². The van der Waals surface area contributed by atoms with Crippen molar-refractivity contribution in [2.75, 3.05) is 6.54 Å². The van der Waals surface area contributed by atoms with Gasteiger partial charge < -0.3 is 15.0 Å². The second-order valence-corrected chi connectivity index (χ2v) is 3.67. The van der Waals surface area contributed by atoms with Gasteiger partial charge in [-0.2, -0.15) is 8.78 Å². The van der Waals surface area contributed by atoms with Crippen molar-refractivity contribution in [2.24, 2.45) is 5.73 Å². The monoisotopic (exact) mass is 253 g/mol. The number of benzene rings is 1. The summed E-state index contributed by atoms with van der Waals surface area (Å²) in [5.74, 6) is 0.134. The van der Waals surface area contributed by atoms with Gasteiger partial charge in [-0.05, 0) is 30.8 Å². The summed E-state index contributed by atoms with van der Waals surface area (Å²) in [7, 11) is 0. The number of imidazole rings is 1. The van der Waals surface area contributed by atoms with Crippen LogP contribution in [-0.4, -0.2) is 22.7 Å². The molecule has 0 radical (unpaired) electrons. The lowest BCUT2D eigenvalue weighted by Gasteiger charge is -2.09. The van der Waals surface area contributed by atoms with Crippen molar-refractivity contribution in [3.63, 3.8) is 0 Å². The van der Waals surface area contributed by atoms with Crippen LogP contribution in [0.5, 0.6) is 5.75 Å².